The van der Waals surface area contributed by atoms with Gasteiger partial charge in [-0.05, 0) is 31.7 Å². The molecule has 0 aromatic rings. The highest BCUT2D eigenvalue weighted by molar-refractivity contribution is 5.83. The van der Waals surface area contributed by atoms with Crippen molar-refractivity contribution in [2.45, 2.75) is 45.1 Å². The summed E-state index contributed by atoms with van der Waals surface area (Å²) < 4.78 is 0. The van der Waals surface area contributed by atoms with E-state index in [-0.39, 0.29) is 6.04 Å². The van der Waals surface area contributed by atoms with E-state index in [1.54, 1.807) is 0 Å². The fraction of sp³-hybridized carbons (Fsp3) is 0.923. The average Bonchev–Trinajstić information content (AvgIpc) is 2.63. The van der Waals surface area contributed by atoms with Crippen molar-refractivity contribution in [1.29, 1.82) is 0 Å². The van der Waals surface area contributed by atoms with Crippen LogP contribution in [0.15, 0.2) is 0 Å². The van der Waals surface area contributed by atoms with Crippen molar-refractivity contribution in [3.8, 4) is 0 Å². The Morgan fingerprint density at radius 1 is 1.31 bits per heavy atom. The molecule has 1 aliphatic carbocycles. The lowest BCUT2D eigenvalue weighted by molar-refractivity contribution is -0.130. The minimum atomic E-state index is 0.0823. The molecule has 1 saturated heterocycles. The maximum Gasteiger partial charge on any atom is 0.239 e. The van der Waals surface area contributed by atoms with E-state index >= 15 is 0 Å². The van der Waals surface area contributed by atoms with Crippen LogP contribution in [-0.2, 0) is 4.79 Å². The Bertz CT molecular complexity index is 254. The summed E-state index contributed by atoms with van der Waals surface area (Å²) in [4.78, 5) is 14.1. The Morgan fingerprint density at radius 3 is 2.69 bits per heavy atom. The molecule has 2 rings (SSSR count). The van der Waals surface area contributed by atoms with Gasteiger partial charge in [0.1, 0.15) is 0 Å². The Morgan fingerprint density at radius 2 is 2.06 bits per heavy atom. The first-order valence-electron chi connectivity index (χ1n) is 6.68. The number of hydrogen-bond donors (Lipinski definition) is 1. The largest absolute Gasteiger partial charge is 0.341 e. The zero-order chi connectivity index (χ0) is 11.5. The molecule has 0 bridgehead atoms. The van der Waals surface area contributed by atoms with Crippen LogP contribution in [0.4, 0.5) is 0 Å². The predicted octanol–water partition coefficient (Wildman–Crippen LogP) is 1.63. The van der Waals surface area contributed by atoms with E-state index < -0.39 is 0 Å². The molecule has 92 valence electrons. The highest BCUT2D eigenvalue weighted by Crippen LogP contribution is 2.31. The van der Waals surface area contributed by atoms with Gasteiger partial charge in [0.05, 0.1) is 6.04 Å². The third kappa shape index (κ3) is 2.40. The molecule has 1 saturated carbocycles. The van der Waals surface area contributed by atoms with Crippen molar-refractivity contribution in [1.82, 2.24) is 10.2 Å². The lowest BCUT2D eigenvalue weighted by Crippen LogP contribution is -2.40. The van der Waals surface area contributed by atoms with Gasteiger partial charge in [-0.3, -0.25) is 4.79 Å². The Kier molecular flexibility index (Phi) is 3.85. The van der Waals surface area contributed by atoms with Crippen LogP contribution in [0.2, 0.25) is 0 Å². The summed E-state index contributed by atoms with van der Waals surface area (Å²) in [6.45, 7) is 4.30. The second-order valence-electron chi connectivity index (χ2n) is 5.44. The number of carbonyl (C=O) groups is 1. The van der Waals surface area contributed by atoms with Gasteiger partial charge in [0, 0.05) is 13.1 Å². The standard InChI is InChI=1S/C13H24N2O/c1-10-5-3-4-6-11(10)9-15-8-7-12(14-2)13(15)16/h10-12,14H,3-9H2,1-2H3. The van der Waals surface area contributed by atoms with E-state index in [0.29, 0.717) is 5.91 Å². The second kappa shape index (κ2) is 5.17. The molecule has 3 unspecified atom stereocenters. The van der Waals surface area contributed by atoms with Gasteiger partial charge in [0.25, 0.3) is 0 Å². The Hall–Kier alpha value is -0.570. The molecule has 2 fully saturated rings. The van der Waals surface area contributed by atoms with Gasteiger partial charge in [-0.2, -0.15) is 0 Å². The third-order valence-corrected chi connectivity index (χ3v) is 4.39. The lowest BCUT2D eigenvalue weighted by atomic mass is 9.80. The molecule has 3 heteroatoms. The van der Waals surface area contributed by atoms with Crippen LogP contribution in [0, 0.1) is 11.8 Å². The number of nitrogens with zero attached hydrogens (tertiary/aromatic N) is 1. The second-order valence-corrected chi connectivity index (χ2v) is 5.44. The van der Waals surface area contributed by atoms with Gasteiger partial charge >= 0.3 is 0 Å². The molecular formula is C13H24N2O. The Labute approximate surface area is 98.6 Å². The summed E-state index contributed by atoms with van der Waals surface area (Å²) >= 11 is 0. The van der Waals surface area contributed by atoms with Crippen molar-refractivity contribution in [2.24, 2.45) is 11.8 Å². The molecule has 16 heavy (non-hydrogen) atoms. The first-order valence-corrected chi connectivity index (χ1v) is 6.68. The summed E-state index contributed by atoms with van der Waals surface area (Å²) in [7, 11) is 1.88. The first kappa shape index (κ1) is 11.9. The minimum Gasteiger partial charge on any atom is -0.341 e. The SMILES string of the molecule is CNC1CCN(CC2CCCCC2C)C1=O. The number of rotatable bonds is 3. The van der Waals surface area contributed by atoms with E-state index in [1.807, 2.05) is 7.05 Å². The van der Waals surface area contributed by atoms with Gasteiger partial charge in [-0.25, -0.2) is 0 Å². The van der Waals surface area contributed by atoms with Crippen molar-refractivity contribution < 1.29 is 4.79 Å². The molecule has 1 amide bonds. The van der Waals surface area contributed by atoms with E-state index in [2.05, 4.69) is 17.1 Å². The summed E-state index contributed by atoms with van der Waals surface area (Å²) in [6.07, 6.45) is 6.38. The highest BCUT2D eigenvalue weighted by atomic mass is 16.2. The lowest BCUT2D eigenvalue weighted by Gasteiger charge is -2.32. The summed E-state index contributed by atoms with van der Waals surface area (Å²) in [5, 5.41) is 3.10. The van der Waals surface area contributed by atoms with Crippen LogP contribution < -0.4 is 5.32 Å². The Balaban J connectivity index is 1.87. The van der Waals surface area contributed by atoms with Gasteiger partial charge < -0.3 is 10.2 Å². The molecule has 3 nitrogen and oxygen atoms in total. The third-order valence-electron chi connectivity index (χ3n) is 4.39. The van der Waals surface area contributed by atoms with Crippen LogP contribution in [0.25, 0.3) is 0 Å². The van der Waals surface area contributed by atoms with E-state index in [0.717, 1.165) is 31.3 Å². The smallest absolute Gasteiger partial charge is 0.239 e. The molecule has 1 N–H and O–H groups in total. The summed E-state index contributed by atoms with van der Waals surface area (Å²) in [5.74, 6) is 1.86. The number of amides is 1. The zero-order valence-electron chi connectivity index (χ0n) is 10.5. The monoisotopic (exact) mass is 224 g/mol. The average molecular weight is 224 g/mol. The molecule has 1 aliphatic heterocycles. The molecule has 0 aromatic carbocycles. The highest BCUT2D eigenvalue weighted by Gasteiger charge is 2.33. The van der Waals surface area contributed by atoms with Crippen molar-refractivity contribution in [3.63, 3.8) is 0 Å². The number of likely N-dealkylation sites (tertiary alicyclic amines) is 1. The molecule has 3 atom stereocenters. The number of hydrogen-bond acceptors (Lipinski definition) is 2. The van der Waals surface area contributed by atoms with Crippen molar-refractivity contribution >= 4 is 5.91 Å². The molecular weight excluding hydrogens is 200 g/mol. The van der Waals surface area contributed by atoms with Crippen LogP contribution in [-0.4, -0.2) is 37.0 Å². The zero-order valence-corrected chi connectivity index (χ0v) is 10.5. The molecule has 2 aliphatic rings. The van der Waals surface area contributed by atoms with Crippen molar-refractivity contribution in [2.75, 3.05) is 20.1 Å². The molecule has 0 aromatic heterocycles. The van der Waals surface area contributed by atoms with Gasteiger partial charge in [0.2, 0.25) is 5.91 Å². The maximum absolute atomic E-state index is 12.0. The minimum absolute atomic E-state index is 0.0823. The maximum atomic E-state index is 12.0. The van der Waals surface area contributed by atoms with E-state index in [4.69, 9.17) is 0 Å². The van der Waals surface area contributed by atoms with Gasteiger partial charge in [0.15, 0.2) is 0 Å². The fourth-order valence-electron chi connectivity index (χ4n) is 3.14. The van der Waals surface area contributed by atoms with E-state index in [9.17, 15) is 4.79 Å². The van der Waals surface area contributed by atoms with Crippen LogP contribution in [0.3, 0.4) is 0 Å². The summed E-state index contributed by atoms with van der Waals surface area (Å²) in [5.41, 5.74) is 0. The van der Waals surface area contributed by atoms with E-state index in [1.165, 1.54) is 25.7 Å². The number of likely N-dealkylation sites (N-methyl/N-ethyl adjacent to an activating group) is 1. The normalized spacial score (nSPS) is 35.8. The molecule has 1 heterocycles. The quantitative estimate of drug-likeness (QED) is 0.790. The molecule has 0 spiro atoms. The van der Waals surface area contributed by atoms with Crippen LogP contribution in [0.1, 0.15) is 39.0 Å². The van der Waals surface area contributed by atoms with Crippen LogP contribution >= 0.6 is 0 Å². The van der Waals surface area contributed by atoms with Gasteiger partial charge in [-0.15, -0.1) is 0 Å². The first-order chi connectivity index (χ1) is 7.72. The topological polar surface area (TPSA) is 32.3 Å². The molecule has 0 radical (unpaired) electrons. The van der Waals surface area contributed by atoms with Crippen molar-refractivity contribution in [3.05, 3.63) is 0 Å². The summed E-state index contributed by atoms with van der Waals surface area (Å²) in [6, 6.07) is 0.0823. The fourth-order valence-corrected chi connectivity index (χ4v) is 3.14. The number of nitrogens with one attached hydrogen (secondary N) is 1. The number of carbonyl (C=O) groups excluding carboxylic acids is 1. The van der Waals surface area contributed by atoms with Gasteiger partial charge in [-0.1, -0.05) is 26.2 Å². The predicted molar refractivity (Wildman–Crippen MR) is 65.2 cm³/mol. The van der Waals surface area contributed by atoms with Crippen LogP contribution in [0.5, 0.6) is 0 Å².